The number of hydrogen-bond donors (Lipinski definition) is 3. The van der Waals surface area contributed by atoms with E-state index in [1.807, 2.05) is 0 Å². The van der Waals surface area contributed by atoms with E-state index in [4.69, 9.17) is 5.11 Å². The van der Waals surface area contributed by atoms with Crippen LogP contribution in [0.4, 0.5) is 13.2 Å². The molecule has 1 saturated heterocycles. The van der Waals surface area contributed by atoms with E-state index in [-0.39, 0.29) is 12.3 Å². The number of carboxylic acid groups (broad SMARTS) is 1. The molecule has 0 radical (unpaired) electrons. The van der Waals surface area contributed by atoms with Gasteiger partial charge in [-0.2, -0.15) is 13.2 Å². The summed E-state index contributed by atoms with van der Waals surface area (Å²) < 4.78 is 38.0. The normalized spacial score (nSPS) is 22.8. The monoisotopic (exact) mass is 282 g/mol. The van der Waals surface area contributed by atoms with Crippen LogP contribution in [0.25, 0.3) is 0 Å². The minimum atomic E-state index is -5.04. The fraction of sp³-hybridized carbons (Fsp3) is 0.818. The second-order valence-electron chi connectivity index (χ2n) is 4.87. The van der Waals surface area contributed by atoms with Crippen molar-refractivity contribution >= 4 is 11.9 Å². The number of carbonyl (C=O) groups excluding carboxylic acids is 1. The molecule has 19 heavy (non-hydrogen) atoms. The summed E-state index contributed by atoms with van der Waals surface area (Å²) in [5.41, 5.74) is -3.24. The van der Waals surface area contributed by atoms with E-state index in [1.165, 1.54) is 0 Å². The van der Waals surface area contributed by atoms with Gasteiger partial charge in [-0.25, -0.2) is 4.79 Å². The number of halogens is 3. The van der Waals surface area contributed by atoms with E-state index in [0.29, 0.717) is 13.3 Å². The van der Waals surface area contributed by atoms with Crippen molar-refractivity contribution in [1.82, 2.24) is 10.6 Å². The highest BCUT2D eigenvalue weighted by Crippen LogP contribution is 2.30. The third-order valence-corrected chi connectivity index (χ3v) is 3.33. The minimum absolute atomic E-state index is 0.106. The number of carboxylic acids is 1. The van der Waals surface area contributed by atoms with Crippen LogP contribution >= 0.6 is 0 Å². The van der Waals surface area contributed by atoms with Gasteiger partial charge in [-0.3, -0.25) is 4.79 Å². The summed E-state index contributed by atoms with van der Waals surface area (Å²) in [5, 5.41) is 13.3. The largest absolute Gasteiger partial charge is 0.479 e. The topological polar surface area (TPSA) is 78.4 Å². The average molecular weight is 282 g/mol. The lowest BCUT2D eigenvalue weighted by molar-refractivity contribution is -0.207. The molecule has 1 aliphatic rings. The van der Waals surface area contributed by atoms with Gasteiger partial charge in [0.05, 0.1) is 0 Å². The lowest BCUT2D eigenvalue weighted by Crippen LogP contribution is -2.61. The molecule has 0 aliphatic carbocycles. The first-order chi connectivity index (χ1) is 8.67. The van der Waals surface area contributed by atoms with E-state index in [2.05, 4.69) is 5.32 Å². The van der Waals surface area contributed by atoms with E-state index in [1.54, 1.807) is 5.32 Å². The van der Waals surface area contributed by atoms with Crippen molar-refractivity contribution in [2.24, 2.45) is 5.92 Å². The van der Waals surface area contributed by atoms with Crippen molar-refractivity contribution in [3.8, 4) is 0 Å². The number of amides is 1. The zero-order valence-corrected chi connectivity index (χ0v) is 10.5. The number of carbonyl (C=O) groups is 2. The molecule has 2 unspecified atom stereocenters. The molecule has 1 fully saturated rings. The molecule has 0 spiro atoms. The maximum absolute atomic E-state index is 12.7. The van der Waals surface area contributed by atoms with Crippen LogP contribution in [0.3, 0.4) is 0 Å². The van der Waals surface area contributed by atoms with Crippen molar-refractivity contribution < 1.29 is 27.9 Å². The van der Waals surface area contributed by atoms with Crippen molar-refractivity contribution in [2.45, 2.75) is 37.9 Å². The molecule has 0 saturated carbocycles. The minimum Gasteiger partial charge on any atom is -0.479 e. The van der Waals surface area contributed by atoms with Crippen molar-refractivity contribution in [1.29, 1.82) is 0 Å². The molecule has 0 aromatic rings. The Morgan fingerprint density at radius 1 is 1.42 bits per heavy atom. The van der Waals surface area contributed by atoms with Crippen LogP contribution in [0.5, 0.6) is 0 Å². The van der Waals surface area contributed by atoms with Crippen molar-refractivity contribution in [2.75, 3.05) is 13.1 Å². The summed E-state index contributed by atoms with van der Waals surface area (Å²) in [7, 11) is 0. The van der Waals surface area contributed by atoms with Gasteiger partial charge in [-0.05, 0) is 38.8 Å². The van der Waals surface area contributed by atoms with Gasteiger partial charge in [0.15, 0.2) is 0 Å². The van der Waals surface area contributed by atoms with E-state index < -0.39 is 23.6 Å². The van der Waals surface area contributed by atoms with Gasteiger partial charge >= 0.3 is 12.1 Å². The Morgan fingerprint density at radius 2 is 2.05 bits per heavy atom. The molecule has 8 heteroatoms. The molecular weight excluding hydrogens is 265 g/mol. The maximum atomic E-state index is 12.7. The summed E-state index contributed by atoms with van der Waals surface area (Å²) in [6.07, 6.45) is -3.82. The first kappa shape index (κ1) is 15.7. The van der Waals surface area contributed by atoms with Crippen LogP contribution in [0.2, 0.25) is 0 Å². The Bertz CT molecular complexity index is 354. The van der Waals surface area contributed by atoms with Gasteiger partial charge in [-0.1, -0.05) is 0 Å². The van der Waals surface area contributed by atoms with Gasteiger partial charge in [0.1, 0.15) is 0 Å². The SMILES string of the molecule is CC(NC(=O)CCC1CCNC1)(C(=O)O)C(F)(F)F. The fourth-order valence-corrected chi connectivity index (χ4v) is 1.88. The second-order valence-corrected chi connectivity index (χ2v) is 4.87. The lowest BCUT2D eigenvalue weighted by atomic mass is 9.99. The molecule has 1 aliphatic heterocycles. The predicted molar refractivity (Wildman–Crippen MR) is 60.4 cm³/mol. The molecule has 0 bridgehead atoms. The van der Waals surface area contributed by atoms with E-state index >= 15 is 0 Å². The van der Waals surface area contributed by atoms with Crippen LogP contribution in [-0.2, 0) is 9.59 Å². The Balaban J connectivity index is 2.54. The van der Waals surface area contributed by atoms with Gasteiger partial charge < -0.3 is 15.7 Å². The molecule has 0 aromatic carbocycles. The molecule has 5 nitrogen and oxygen atoms in total. The zero-order chi connectivity index (χ0) is 14.7. The first-order valence-corrected chi connectivity index (χ1v) is 5.98. The Hall–Kier alpha value is -1.31. The fourth-order valence-electron chi connectivity index (χ4n) is 1.88. The summed E-state index contributed by atoms with van der Waals surface area (Å²) >= 11 is 0. The Morgan fingerprint density at radius 3 is 2.47 bits per heavy atom. The molecular formula is C11H17F3N2O3. The second kappa shape index (κ2) is 5.77. The quantitative estimate of drug-likeness (QED) is 0.700. The molecule has 1 amide bonds. The summed E-state index contributed by atoms with van der Waals surface area (Å²) in [6, 6.07) is 0. The van der Waals surface area contributed by atoms with Gasteiger partial charge in [-0.15, -0.1) is 0 Å². The molecule has 2 atom stereocenters. The number of aliphatic carboxylic acids is 1. The van der Waals surface area contributed by atoms with Crippen LogP contribution < -0.4 is 10.6 Å². The molecule has 3 N–H and O–H groups in total. The average Bonchev–Trinajstić information content (AvgIpc) is 2.77. The highest BCUT2D eigenvalue weighted by atomic mass is 19.4. The third kappa shape index (κ3) is 3.82. The number of hydrogen-bond acceptors (Lipinski definition) is 3. The van der Waals surface area contributed by atoms with Crippen LogP contribution in [-0.4, -0.2) is 41.8 Å². The molecule has 1 rings (SSSR count). The summed E-state index contributed by atoms with van der Waals surface area (Å²) in [5.74, 6) is -2.75. The number of alkyl halides is 3. The lowest BCUT2D eigenvalue weighted by Gasteiger charge is -2.28. The van der Waals surface area contributed by atoms with Crippen molar-refractivity contribution in [3.05, 3.63) is 0 Å². The highest BCUT2D eigenvalue weighted by molar-refractivity contribution is 5.87. The third-order valence-electron chi connectivity index (χ3n) is 3.33. The Labute approximate surface area is 108 Å². The molecule has 0 aromatic heterocycles. The standard InChI is InChI=1S/C11H17F3N2O3/c1-10(9(18)19,11(12,13)14)16-8(17)3-2-7-4-5-15-6-7/h7,15H,2-6H2,1H3,(H,16,17)(H,18,19). The number of rotatable bonds is 5. The highest BCUT2D eigenvalue weighted by Gasteiger charge is 2.58. The van der Waals surface area contributed by atoms with Crippen LogP contribution in [0.1, 0.15) is 26.2 Å². The summed E-state index contributed by atoms with van der Waals surface area (Å²) in [6.45, 7) is 2.02. The molecule has 110 valence electrons. The maximum Gasteiger partial charge on any atom is 0.422 e. The zero-order valence-electron chi connectivity index (χ0n) is 10.5. The van der Waals surface area contributed by atoms with Gasteiger partial charge in [0.2, 0.25) is 11.4 Å². The van der Waals surface area contributed by atoms with Gasteiger partial charge in [0, 0.05) is 6.42 Å². The van der Waals surface area contributed by atoms with E-state index in [9.17, 15) is 22.8 Å². The number of nitrogens with one attached hydrogen (secondary N) is 2. The van der Waals surface area contributed by atoms with Crippen LogP contribution in [0, 0.1) is 5.92 Å². The van der Waals surface area contributed by atoms with Crippen molar-refractivity contribution in [3.63, 3.8) is 0 Å². The molecule has 1 heterocycles. The van der Waals surface area contributed by atoms with E-state index in [0.717, 1.165) is 19.5 Å². The summed E-state index contributed by atoms with van der Waals surface area (Å²) in [4.78, 5) is 22.2. The van der Waals surface area contributed by atoms with Crippen LogP contribution in [0.15, 0.2) is 0 Å². The van der Waals surface area contributed by atoms with Gasteiger partial charge in [0.25, 0.3) is 0 Å². The predicted octanol–water partition coefficient (Wildman–Crippen LogP) is 0.898. The first-order valence-electron chi connectivity index (χ1n) is 5.98. The smallest absolute Gasteiger partial charge is 0.422 e. The Kier molecular flexibility index (Phi) is 4.78.